The minimum absolute atomic E-state index is 0.810. The molecule has 1 fully saturated rings. The normalized spacial score (nSPS) is 28.4. The highest BCUT2D eigenvalue weighted by Crippen LogP contribution is 2.36. The Morgan fingerprint density at radius 3 is 2.75 bits per heavy atom. The Morgan fingerprint density at radius 1 is 1.42 bits per heavy atom. The average Bonchev–Trinajstić information content (AvgIpc) is 2.51. The van der Waals surface area contributed by atoms with Gasteiger partial charge >= 0.3 is 0 Å². The molecule has 2 rings (SSSR count). The van der Waals surface area contributed by atoms with Crippen LogP contribution in [-0.4, -0.2) is 6.54 Å². The zero-order valence-electron chi connectivity index (χ0n) is 7.20. The van der Waals surface area contributed by atoms with Crippen LogP contribution in [0.15, 0.2) is 16.8 Å². The van der Waals surface area contributed by atoms with Gasteiger partial charge in [-0.2, -0.15) is 11.3 Å². The van der Waals surface area contributed by atoms with Gasteiger partial charge in [-0.05, 0) is 60.0 Å². The van der Waals surface area contributed by atoms with Gasteiger partial charge in [-0.25, -0.2) is 0 Å². The zero-order chi connectivity index (χ0) is 8.39. The van der Waals surface area contributed by atoms with Crippen LogP contribution in [0.4, 0.5) is 0 Å². The summed E-state index contributed by atoms with van der Waals surface area (Å²) in [6.07, 6.45) is 3.99. The molecule has 1 aromatic rings. The lowest BCUT2D eigenvalue weighted by molar-refractivity contribution is 0.183. The van der Waals surface area contributed by atoms with E-state index in [1.54, 1.807) is 11.3 Å². The molecular formula is C10H15NS. The molecule has 0 saturated heterocycles. The third-order valence-electron chi connectivity index (χ3n) is 2.96. The Morgan fingerprint density at radius 2 is 2.25 bits per heavy atom. The molecule has 0 aromatic carbocycles. The highest BCUT2D eigenvalue weighted by Gasteiger charge is 2.29. The maximum Gasteiger partial charge on any atom is -0.00461 e. The lowest BCUT2D eigenvalue weighted by atomic mass is 9.71. The van der Waals surface area contributed by atoms with E-state index < -0.39 is 0 Å². The maximum atomic E-state index is 5.66. The second-order valence-corrected chi connectivity index (χ2v) is 4.45. The standard InChI is InChI=1S/C10H15NS/c11-6-10-2-1-9(10)5-8-3-4-12-7-8/h3-4,7,9-10H,1-2,5-6,11H2. The number of nitrogens with two attached hydrogens (primary N) is 1. The summed E-state index contributed by atoms with van der Waals surface area (Å²) < 4.78 is 0. The van der Waals surface area contributed by atoms with Crippen molar-refractivity contribution in [1.29, 1.82) is 0 Å². The van der Waals surface area contributed by atoms with Gasteiger partial charge in [-0.15, -0.1) is 0 Å². The summed E-state index contributed by atoms with van der Waals surface area (Å²) in [7, 11) is 0. The second-order valence-electron chi connectivity index (χ2n) is 3.67. The van der Waals surface area contributed by atoms with E-state index in [0.29, 0.717) is 0 Å². The van der Waals surface area contributed by atoms with E-state index in [1.165, 1.54) is 24.8 Å². The first kappa shape index (κ1) is 8.27. The number of hydrogen-bond acceptors (Lipinski definition) is 2. The minimum Gasteiger partial charge on any atom is -0.330 e. The monoisotopic (exact) mass is 181 g/mol. The molecular weight excluding hydrogens is 166 g/mol. The van der Waals surface area contributed by atoms with Crippen molar-refractivity contribution in [2.75, 3.05) is 6.54 Å². The first-order valence-electron chi connectivity index (χ1n) is 4.61. The molecule has 12 heavy (non-hydrogen) atoms. The van der Waals surface area contributed by atoms with Gasteiger partial charge in [-0.3, -0.25) is 0 Å². The van der Waals surface area contributed by atoms with Gasteiger partial charge in [0.25, 0.3) is 0 Å². The van der Waals surface area contributed by atoms with Gasteiger partial charge in [0.05, 0.1) is 0 Å². The summed E-state index contributed by atoms with van der Waals surface area (Å²) in [5, 5.41) is 4.41. The Bertz CT molecular complexity index is 228. The van der Waals surface area contributed by atoms with Gasteiger partial charge in [0.1, 0.15) is 0 Å². The molecule has 0 aliphatic heterocycles. The van der Waals surface area contributed by atoms with Crippen LogP contribution in [0, 0.1) is 11.8 Å². The third-order valence-corrected chi connectivity index (χ3v) is 3.69. The van der Waals surface area contributed by atoms with Crippen molar-refractivity contribution < 1.29 is 0 Å². The van der Waals surface area contributed by atoms with Crippen LogP contribution < -0.4 is 5.73 Å². The molecule has 1 aromatic heterocycles. The van der Waals surface area contributed by atoms with Crippen LogP contribution in [0.5, 0.6) is 0 Å². The molecule has 0 spiro atoms. The fourth-order valence-electron chi connectivity index (χ4n) is 1.93. The van der Waals surface area contributed by atoms with Gasteiger partial charge < -0.3 is 5.73 Å². The van der Waals surface area contributed by atoms with Gasteiger partial charge in [0.2, 0.25) is 0 Å². The molecule has 0 bridgehead atoms. The van der Waals surface area contributed by atoms with Crippen molar-refractivity contribution in [3.05, 3.63) is 22.4 Å². The number of thiophene rings is 1. The van der Waals surface area contributed by atoms with Crippen molar-refractivity contribution in [1.82, 2.24) is 0 Å². The smallest absolute Gasteiger partial charge is 0.00461 e. The SMILES string of the molecule is NCC1CCC1Cc1ccsc1. The quantitative estimate of drug-likeness (QED) is 0.760. The molecule has 1 aliphatic rings. The van der Waals surface area contributed by atoms with E-state index in [9.17, 15) is 0 Å². The molecule has 2 N–H and O–H groups in total. The lowest BCUT2D eigenvalue weighted by Gasteiger charge is -2.35. The topological polar surface area (TPSA) is 26.0 Å². The Balaban J connectivity index is 1.88. The molecule has 2 unspecified atom stereocenters. The number of rotatable bonds is 3. The highest BCUT2D eigenvalue weighted by atomic mass is 32.1. The first-order chi connectivity index (χ1) is 5.90. The molecule has 66 valence electrons. The van der Waals surface area contributed by atoms with Crippen LogP contribution in [0.25, 0.3) is 0 Å². The first-order valence-corrected chi connectivity index (χ1v) is 5.55. The van der Waals surface area contributed by atoms with E-state index in [-0.39, 0.29) is 0 Å². The Hall–Kier alpha value is -0.340. The van der Waals surface area contributed by atoms with E-state index in [2.05, 4.69) is 16.8 Å². The third kappa shape index (κ3) is 1.54. The van der Waals surface area contributed by atoms with E-state index in [0.717, 1.165) is 18.4 Å². The molecule has 2 heteroatoms. The molecule has 1 heterocycles. The van der Waals surface area contributed by atoms with Crippen molar-refractivity contribution >= 4 is 11.3 Å². The van der Waals surface area contributed by atoms with Crippen molar-refractivity contribution in [3.63, 3.8) is 0 Å². The second kappa shape index (κ2) is 3.58. The van der Waals surface area contributed by atoms with Crippen molar-refractivity contribution in [3.8, 4) is 0 Å². The molecule has 0 radical (unpaired) electrons. The van der Waals surface area contributed by atoms with Crippen LogP contribution in [0.1, 0.15) is 18.4 Å². The van der Waals surface area contributed by atoms with Crippen LogP contribution in [0.2, 0.25) is 0 Å². The fourth-order valence-corrected chi connectivity index (χ4v) is 2.61. The average molecular weight is 181 g/mol. The predicted molar refractivity (Wildman–Crippen MR) is 53.3 cm³/mol. The van der Waals surface area contributed by atoms with Gasteiger partial charge in [0, 0.05) is 0 Å². The highest BCUT2D eigenvalue weighted by molar-refractivity contribution is 7.07. The van der Waals surface area contributed by atoms with E-state index in [4.69, 9.17) is 5.73 Å². The fraction of sp³-hybridized carbons (Fsp3) is 0.600. The summed E-state index contributed by atoms with van der Waals surface area (Å²) >= 11 is 1.79. The maximum absolute atomic E-state index is 5.66. The Kier molecular flexibility index (Phi) is 2.47. The van der Waals surface area contributed by atoms with Crippen LogP contribution in [-0.2, 0) is 6.42 Å². The molecule has 1 nitrogen and oxygen atoms in total. The summed E-state index contributed by atoms with van der Waals surface area (Å²) in [5.74, 6) is 1.69. The summed E-state index contributed by atoms with van der Waals surface area (Å²) in [6.45, 7) is 0.884. The summed E-state index contributed by atoms with van der Waals surface area (Å²) in [5.41, 5.74) is 7.16. The van der Waals surface area contributed by atoms with E-state index in [1.807, 2.05) is 0 Å². The Labute approximate surface area is 77.6 Å². The number of hydrogen-bond donors (Lipinski definition) is 1. The predicted octanol–water partition coefficient (Wildman–Crippen LogP) is 2.28. The molecule has 2 atom stereocenters. The summed E-state index contributed by atoms with van der Waals surface area (Å²) in [4.78, 5) is 0. The van der Waals surface area contributed by atoms with Crippen LogP contribution in [0.3, 0.4) is 0 Å². The molecule has 0 amide bonds. The largest absolute Gasteiger partial charge is 0.330 e. The lowest BCUT2D eigenvalue weighted by Crippen LogP contribution is -2.33. The van der Waals surface area contributed by atoms with Gasteiger partial charge in [-0.1, -0.05) is 0 Å². The van der Waals surface area contributed by atoms with Crippen LogP contribution >= 0.6 is 11.3 Å². The zero-order valence-corrected chi connectivity index (χ0v) is 8.02. The van der Waals surface area contributed by atoms with Crippen molar-refractivity contribution in [2.24, 2.45) is 17.6 Å². The van der Waals surface area contributed by atoms with E-state index >= 15 is 0 Å². The molecule has 1 aliphatic carbocycles. The van der Waals surface area contributed by atoms with Gasteiger partial charge in [0.15, 0.2) is 0 Å². The minimum atomic E-state index is 0.810. The van der Waals surface area contributed by atoms with Crippen molar-refractivity contribution in [2.45, 2.75) is 19.3 Å². The summed E-state index contributed by atoms with van der Waals surface area (Å²) in [6, 6.07) is 2.23. The molecule has 1 saturated carbocycles.